The zero-order valence-electron chi connectivity index (χ0n) is 20.5. The number of fused-ring (bicyclic) bond motifs is 1. The van der Waals surface area contributed by atoms with E-state index in [1.807, 2.05) is 13.8 Å². The lowest BCUT2D eigenvalue weighted by Gasteiger charge is -2.49. The standard InChI is InChI=1S/C21H28N8O6S2/c1-4-29(5-2,9-12(22)30)8-6-7-11-10-36-19-14(18(32)28(19)15(11)20(33)34)24-17(31)13(26-35-3)16-25-21(23)37-27-16/h6-7,14,19H,4-5,8-10H2,1-3H3,(H5-,22,23,24,25,27,30,31,33,34)/p+1/b7-6+,26-13-/t14-,19-/m1/s1. The number of carbonyl (C=O) groups is 4. The third kappa shape index (κ3) is 5.91. The highest BCUT2D eigenvalue weighted by molar-refractivity contribution is 8.00. The second kappa shape index (κ2) is 11.7. The van der Waals surface area contributed by atoms with Gasteiger partial charge >= 0.3 is 5.97 Å². The third-order valence-corrected chi connectivity index (χ3v) is 8.03. The number of carboxylic acids is 1. The van der Waals surface area contributed by atoms with E-state index in [2.05, 4.69) is 19.8 Å². The van der Waals surface area contributed by atoms with Crippen molar-refractivity contribution in [1.82, 2.24) is 19.6 Å². The zero-order valence-corrected chi connectivity index (χ0v) is 22.2. The lowest BCUT2D eigenvalue weighted by molar-refractivity contribution is -0.911. The summed E-state index contributed by atoms with van der Waals surface area (Å²) in [6.45, 7) is 5.91. The molecule has 0 unspecified atom stereocenters. The number of aliphatic carboxylic acids is 1. The molecule has 2 atom stereocenters. The first-order valence-electron chi connectivity index (χ1n) is 11.3. The minimum Gasteiger partial charge on any atom is -0.477 e. The Hall–Kier alpha value is -3.50. The Morgan fingerprint density at radius 3 is 2.59 bits per heavy atom. The summed E-state index contributed by atoms with van der Waals surface area (Å²) in [5, 5.41) is 15.6. The van der Waals surface area contributed by atoms with Gasteiger partial charge in [0.05, 0.1) is 19.6 Å². The number of aromatic nitrogens is 2. The lowest BCUT2D eigenvalue weighted by atomic mass is 10.0. The van der Waals surface area contributed by atoms with Gasteiger partial charge in [0.25, 0.3) is 17.7 Å². The van der Waals surface area contributed by atoms with Gasteiger partial charge in [-0.3, -0.25) is 19.3 Å². The number of quaternary nitrogens is 1. The Morgan fingerprint density at radius 1 is 1.35 bits per heavy atom. The quantitative estimate of drug-likeness (QED) is 0.109. The maximum Gasteiger partial charge on any atom is 0.352 e. The summed E-state index contributed by atoms with van der Waals surface area (Å²) in [5.74, 6) is -2.74. The van der Waals surface area contributed by atoms with Crippen molar-refractivity contribution in [2.45, 2.75) is 25.3 Å². The predicted octanol–water partition coefficient (Wildman–Crippen LogP) is -0.892. The van der Waals surface area contributed by atoms with Crippen LogP contribution in [0.5, 0.6) is 0 Å². The van der Waals surface area contributed by atoms with Crippen molar-refractivity contribution in [3.05, 3.63) is 29.2 Å². The van der Waals surface area contributed by atoms with Gasteiger partial charge < -0.3 is 31.2 Å². The number of hydrogen-bond acceptors (Lipinski definition) is 11. The molecule has 3 amide bonds. The van der Waals surface area contributed by atoms with Crippen LogP contribution in [-0.2, 0) is 24.0 Å². The monoisotopic (exact) mass is 553 g/mol. The number of nitrogen functional groups attached to an aromatic ring is 1. The molecule has 16 heteroatoms. The number of carbonyl (C=O) groups excluding carboxylic acids is 3. The van der Waals surface area contributed by atoms with Crippen LogP contribution >= 0.6 is 23.3 Å². The summed E-state index contributed by atoms with van der Waals surface area (Å²) in [7, 11) is 1.24. The van der Waals surface area contributed by atoms with Crippen LogP contribution in [0.25, 0.3) is 0 Å². The Kier molecular flexibility index (Phi) is 8.88. The molecule has 3 rings (SSSR count). The summed E-state index contributed by atoms with van der Waals surface area (Å²) in [6.07, 6.45) is 3.48. The number of likely N-dealkylation sites (N-methyl/N-ethyl adjacent to an activating group) is 1. The number of oxime groups is 1. The molecule has 1 aromatic heterocycles. The molecule has 200 valence electrons. The molecule has 2 aliphatic heterocycles. The number of β-lactam (4-membered cyclic amide) rings is 1. The van der Waals surface area contributed by atoms with Crippen molar-refractivity contribution in [3.8, 4) is 0 Å². The van der Waals surface area contributed by atoms with Crippen molar-refractivity contribution in [3.63, 3.8) is 0 Å². The molecule has 0 saturated carbocycles. The minimum absolute atomic E-state index is 0.0507. The molecule has 1 fully saturated rings. The summed E-state index contributed by atoms with van der Waals surface area (Å²) in [4.78, 5) is 59.2. The van der Waals surface area contributed by atoms with Crippen LogP contribution in [0, 0.1) is 0 Å². The van der Waals surface area contributed by atoms with Gasteiger partial charge in [-0.15, -0.1) is 11.8 Å². The smallest absolute Gasteiger partial charge is 0.352 e. The molecule has 0 spiro atoms. The number of nitrogens with two attached hydrogens (primary N) is 2. The van der Waals surface area contributed by atoms with E-state index in [4.69, 9.17) is 16.3 Å². The van der Waals surface area contributed by atoms with Crippen molar-refractivity contribution in [2.75, 3.05) is 44.8 Å². The molecule has 0 bridgehead atoms. The van der Waals surface area contributed by atoms with E-state index >= 15 is 0 Å². The van der Waals surface area contributed by atoms with Crippen LogP contribution in [0.15, 0.2) is 28.6 Å². The average Bonchev–Trinajstić information content (AvgIpc) is 3.29. The molecule has 2 aliphatic rings. The van der Waals surface area contributed by atoms with Crippen molar-refractivity contribution >= 4 is 57.8 Å². The normalized spacial score (nSPS) is 20.0. The second-order valence-corrected chi connectivity index (χ2v) is 10.2. The number of rotatable bonds is 12. The number of nitrogens with zero attached hydrogens (tertiary/aromatic N) is 5. The summed E-state index contributed by atoms with van der Waals surface area (Å²) >= 11 is 2.19. The molecule has 0 aromatic carbocycles. The molecule has 6 N–H and O–H groups in total. The van der Waals surface area contributed by atoms with Crippen LogP contribution < -0.4 is 16.8 Å². The molecule has 0 aliphatic carbocycles. The molecule has 14 nitrogen and oxygen atoms in total. The SMILES string of the molecule is CC[N+](CC)(C/C=C/C1=C(C(=O)O)N2C(=O)[C@@H](NC(=O)/C(=N\OC)c3nsc(N)n3)[C@H]2SC1)CC(N)=O. The third-order valence-electron chi connectivity index (χ3n) is 6.18. The molecule has 0 radical (unpaired) electrons. The highest BCUT2D eigenvalue weighted by Gasteiger charge is 2.54. The highest BCUT2D eigenvalue weighted by atomic mass is 32.2. The van der Waals surface area contributed by atoms with Crippen LogP contribution in [0.4, 0.5) is 5.13 Å². The fourth-order valence-corrected chi connectivity index (χ4v) is 5.86. The van der Waals surface area contributed by atoms with E-state index in [1.165, 1.54) is 23.8 Å². The van der Waals surface area contributed by atoms with Gasteiger partial charge in [0.15, 0.2) is 11.7 Å². The van der Waals surface area contributed by atoms with Gasteiger partial charge in [-0.2, -0.15) is 9.36 Å². The van der Waals surface area contributed by atoms with Crippen molar-refractivity contribution in [2.24, 2.45) is 10.9 Å². The lowest BCUT2D eigenvalue weighted by Crippen LogP contribution is -2.71. The Balaban J connectivity index is 1.77. The van der Waals surface area contributed by atoms with Gasteiger partial charge in [-0.25, -0.2) is 4.79 Å². The molecular formula is C21H29N8O6S2+. The van der Waals surface area contributed by atoms with E-state index in [0.717, 1.165) is 11.5 Å². The zero-order chi connectivity index (χ0) is 27.3. The fourth-order valence-electron chi connectivity index (χ4n) is 4.11. The van der Waals surface area contributed by atoms with Gasteiger partial charge in [0, 0.05) is 17.3 Å². The summed E-state index contributed by atoms with van der Waals surface area (Å²) < 4.78 is 4.37. The molecule has 3 heterocycles. The number of hydrogen-bond donors (Lipinski definition) is 4. The number of primary amides is 1. The van der Waals surface area contributed by atoms with Gasteiger partial charge in [0.2, 0.25) is 11.5 Å². The van der Waals surface area contributed by atoms with Crippen molar-refractivity contribution < 1.29 is 33.6 Å². The number of allylic oxidation sites excluding steroid dienone is 1. The maximum atomic E-state index is 13.0. The number of carboxylic acid groups (broad SMARTS) is 1. The first-order valence-corrected chi connectivity index (χ1v) is 13.1. The summed E-state index contributed by atoms with van der Waals surface area (Å²) in [6, 6.07) is -0.976. The Bertz CT molecular complexity index is 1180. The highest BCUT2D eigenvalue weighted by Crippen LogP contribution is 2.40. The van der Waals surface area contributed by atoms with Crippen LogP contribution in [0.2, 0.25) is 0 Å². The van der Waals surface area contributed by atoms with Gasteiger partial charge in [-0.1, -0.05) is 11.2 Å². The second-order valence-electron chi connectivity index (χ2n) is 8.30. The molecule has 37 heavy (non-hydrogen) atoms. The van der Waals surface area contributed by atoms with E-state index < -0.39 is 35.1 Å². The first kappa shape index (κ1) is 28.1. The fraction of sp³-hybridized carbons (Fsp3) is 0.476. The largest absolute Gasteiger partial charge is 0.477 e. The van der Waals surface area contributed by atoms with Crippen LogP contribution in [0.3, 0.4) is 0 Å². The minimum atomic E-state index is -1.25. The number of anilines is 1. The number of nitrogens with one attached hydrogen (secondary N) is 1. The topological polar surface area (TPSA) is 203 Å². The van der Waals surface area contributed by atoms with E-state index in [-0.39, 0.29) is 28.9 Å². The van der Waals surface area contributed by atoms with E-state index in [9.17, 15) is 24.3 Å². The first-order chi connectivity index (χ1) is 17.6. The number of thioether (sulfide) groups is 1. The van der Waals surface area contributed by atoms with E-state index in [1.54, 1.807) is 12.2 Å². The predicted molar refractivity (Wildman–Crippen MR) is 137 cm³/mol. The summed E-state index contributed by atoms with van der Waals surface area (Å²) in [5.41, 5.74) is 11.0. The Labute approximate surface area is 221 Å². The average molecular weight is 554 g/mol. The van der Waals surface area contributed by atoms with Gasteiger partial charge in [0.1, 0.15) is 24.2 Å². The van der Waals surface area contributed by atoms with E-state index in [0.29, 0.717) is 35.4 Å². The molecular weight excluding hydrogens is 524 g/mol. The van der Waals surface area contributed by atoms with Crippen molar-refractivity contribution in [1.29, 1.82) is 0 Å². The molecule has 1 aromatic rings. The Morgan fingerprint density at radius 2 is 2.05 bits per heavy atom. The van der Waals surface area contributed by atoms with Gasteiger partial charge in [-0.05, 0) is 25.5 Å². The van der Waals surface area contributed by atoms with Crippen LogP contribution in [0.1, 0.15) is 19.7 Å². The molecule has 1 saturated heterocycles. The number of amides is 3. The maximum absolute atomic E-state index is 13.0. The van der Waals surface area contributed by atoms with Crippen LogP contribution in [-0.4, -0.2) is 104 Å².